The molecular weight excluding hydrogens is 441 g/mol. The van der Waals surface area contributed by atoms with Gasteiger partial charge in [-0.25, -0.2) is 4.57 Å². The van der Waals surface area contributed by atoms with Crippen molar-refractivity contribution in [3.05, 3.63) is 108 Å². The lowest BCUT2D eigenvalue weighted by molar-refractivity contribution is -0.627. The molecule has 3 heteroatoms. The minimum absolute atomic E-state index is 0.0420. The highest BCUT2D eigenvalue weighted by atomic mass is 32.2. The summed E-state index contributed by atoms with van der Waals surface area (Å²) in [5, 5.41) is 4.50. The molecule has 35 heavy (non-hydrogen) atoms. The fourth-order valence-corrected chi connectivity index (χ4v) is 8.91. The molecule has 2 atom stereocenters. The second-order valence-electron chi connectivity index (χ2n) is 10.9. The summed E-state index contributed by atoms with van der Waals surface area (Å²) in [7, 11) is 2.26. The number of aryl methyl sites for hydroxylation is 2. The lowest BCUT2D eigenvalue weighted by Gasteiger charge is -2.45. The van der Waals surface area contributed by atoms with E-state index in [9.17, 15) is 0 Å². The molecule has 0 N–H and O–H groups in total. The molecule has 1 aromatic heterocycles. The number of aromatic nitrogens is 1. The van der Waals surface area contributed by atoms with Crippen molar-refractivity contribution in [1.82, 2.24) is 0 Å². The van der Waals surface area contributed by atoms with Crippen molar-refractivity contribution in [1.29, 1.82) is 0 Å². The van der Waals surface area contributed by atoms with E-state index in [1.54, 1.807) is 5.46 Å². The maximum Gasteiger partial charge on any atom is 0.308 e. The Balaban J connectivity index is 1.59. The number of hydrogen-bond donors (Lipinski definition) is 0. The van der Waals surface area contributed by atoms with Crippen molar-refractivity contribution in [3.63, 3.8) is 0 Å². The number of benzene rings is 4. The normalized spacial score (nSPS) is 20.1. The van der Waals surface area contributed by atoms with Gasteiger partial charge >= 0.3 is 6.71 Å². The van der Waals surface area contributed by atoms with Crippen molar-refractivity contribution in [2.24, 2.45) is 7.05 Å². The van der Waals surface area contributed by atoms with Crippen LogP contribution in [0.2, 0.25) is 0 Å². The maximum absolute atomic E-state index is 2.51. The first-order valence-electron chi connectivity index (χ1n) is 12.6. The molecule has 170 valence electrons. The highest BCUT2D eigenvalue weighted by molar-refractivity contribution is 8.02. The van der Waals surface area contributed by atoms with Gasteiger partial charge in [-0.15, -0.1) is 11.8 Å². The molecule has 0 fully saturated rings. The van der Waals surface area contributed by atoms with E-state index in [0.29, 0.717) is 17.8 Å². The van der Waals surface area contributed by atoms with E-state index in [4.69, 9.17) is 0 Å². The summed E-state index contributed by atoms with van der Waals surface area (Å²) >= 11 is 2.10. The van der Waals surface area contributed by atoms with Crippen LogP contribution >= 0.6 is 11.8 Å². The zero-order valence-electron chi connectivity index (χ0n) is 20.7. The summed E-state index contributed by atoms with van der Waals surface area (Å²) in [6, 6.07) is 34.1. The van der Waals surface area contributed by atoms with Crippen LogP contribution in [-0.4, -0.2) is 11.9 Å². The highest BCUT2D eigenvalue weighted by Gasteiger charge is 2.56. The summed E-state index contributed by atoms with van der Waals surface area (Å²) in [5.74, 6) is 0.466. The molecule has 0 bridgehead atoms. The molecule has 2 aliphatic rings. The van der Waals surface area contributed by atoms with Crippen LogP contribution in [0.1, 0.15) is 36.5 Å². The number of fused-ring (bicyclic) bond motifs is 6. The van der Waals surface area contributed by atoms with Crippen molar-refractivity contribution in [2.45, 2.75) is 42.1 Å². The first-order valence-corrected chi connectivity index (χ1v) is 13.5. The molecule has 7 rings (SSSR count). The topological polar surface area (TPSA) is 3.88 Å². The van der Waals surface area contributed by atoms with E-state index >= 15 is 0 Å². The van der Waals surface area contributed by atoms with Crippen molar-refractivity contribution in [3.8, 4) is 0 Å². The second kappa shape index (κ2) is 7.48. The Morgan fingerprint density at radius 3 is 2.40 bits per heavy atom. The lowest BCUT2D eigenvalue weighted by Crippen LogP contribution is -2.68. The Kier molecular flexibility index (Phi) is 4.54. The van der Waals surface area contributed by atoms with E-state index < -0.39 is 0 Å². The molecule has 5 aromatic rings. The van der Waals surface area contributed by atoms with Crippen molar-refractivity contribution < 1.29 is 4.57 Å². The van der Waals surface area contributed by atoms with Crippen LogP contribution in [0, 0.1) is 6.92 Å². The van der Waals surface area contributed by atoms with Gasteiger partial charge in [0.1, 0.15) is 12.6 Å². The molecule has 1 nitrogen and oxygen atoms in total. The molecule has 0 saturated heterocycles. The summed E-state index contributed by atoms with van der Waals surface area (Å²) in [6.07, 6.45) is 0. The van der Waals surface area contributed by atoms with Crippen molar-refractivity contribution in [2.75, 3.05) is 0 Å². The predicted octanol–water partition coefficient (Wildman–Crippen LogP) is 5.82. The molecule has 0 amide bonds. The number of para-hydroxylation sites is 1. The van der Waals surface area contributed by atoms with Gasteiger partial charge in [0.25, 0.3) is 0 Å². The van der Waals surface area contributed by atoms with Crippen LogP contribution in [0.15, 0.2) is 95.9 Å². The third-order valence-electron chi connectivity index (χ3n) is 8.75. The third kappa shape index (κ3) is 2.88. The van der Waals surface area contributed by atoms with Gasteiger partial charge in [0.2, 0.25) is 5.52 Å². The number of thioether (sulfide) groups is 1. The molecule has 0 aliphatic carbocycles. The summed E-state index contributed by atoms with van der Waals surface area (Å²) in [6.45, 7) is 7.64. The van der Waals surface area contributed by atoms with Crippen LogP contribution in [0.4, 0.5) is 0 Å². The maximum atomic E-state index is 2.51. The van der Waals surface area contributed by atoms with Crippen LogP contribution in [-0.2, 0) is 12.5 Å². The number of hydrogen-bond acceptors (Lipinski definition) is 1. The Hall–Kier alpha value is -3.04. The highest BCUT2D eigenvalue weighted by Crippen LogP contribution is 2.57. The number of nitrogens with zero attached hydrogens (tertiary/aromatic N) is 1. The Morgan fingerprint density at radius 1 is 0.829 bits per heavy atom. The second-order valence-corrected chi connectivity index (χ2v) is 12.1. The zero-order valence-corrected chi connectivity index (χ0v) is 21.6. The van der Waals surface area contributed by atoms with Gasteiger partial charge in [-0.3, -0.25) is 0 Å². The van der Waals surface area contributed by atoms with E-state index in [-0.39, 0.29) is 5.41 Å². The molecule has 3 heterocycles. The molecule has 2 unspecified atom stereocenters. The molecule has 2 aliphatic heterocycles. The van der Waals surface area contributed by atoms with Crippen LogP contribution in [0.25, 0.3) is 21.7 Å². The van der Waals surface area contributed by atoms with Gasteiger partial charge in [-0.1, -0.05) is 80.0 Å². The van der Waals surface area contributed by atoms with Gasteiger partial charge in [-0.2, -0.15) is 0 Å². The summed E-state index contributed by atoms with van der Waals surface area (Å²) < 4.78 is 2.46. The van der Waals surface area contributed by atoms with Gasteiger partial charge in [0.15, 0.2) is 0 Å². The van der Waals surface area contributed by atoms with E-state index in [0.717, 1.165) is 0 Å². The Labute approximate surface area is 212 Å². The van der Waals surface area contributed by atoms with Crippen LogP contribution in [0.5, 0.6) is 0 Å². The predicted molar refractivity (Wildman–Crippen MR) is 151 cm³/mol. The Bertz CT molecular complexity index is 1650. The first kappa shape index (κ1) is 21.3. The monoisotopic (exact) mass is 470 g/mol. The third-order valence-corrected chi connectivity index (χ3v) is 10.2. The quantitative estimate of drug-likeness (QED) is 0.221. The molecule has 0 spiro atoms. The van der Waals surface area contributed by atoms with Crippen molar-refractivity contribution >= 4 is 51.2 Å². The van der Waals surface area contributed by atoms with Gasteiger partial charge in [0.05, 0.1) is 0 Å². The zero-order chi connectivity index (χ0) is 23.9. The summed E-state index contributed by atoms with van der Waals surface area (Å²) in [4.78, 5) is 1.46. The Morgan fingerprint density at radius 2 is 1.54 bits per heavy atom. The number of pyridine rings is 1. The van der Waals surface area contributed by atoms with Crippen LogP contribution in [0.3, 0.4) is 0 Å². The lowest BCUT2D eigenvalue weighted by atomic mass is 9.31. The summed E-state index contributed by atoms with van der Waals surface area (Å²) in [5.41, 5.74) is 8.78. The van der Waals surface area contributed by atoms with Crippen LogP contribution < -0.4 is 15.6 Å². The van der Waals surface area contributed by atoms with E-state index in [1.165, 1.54) is 48.9 Å². The average molecular weight is 470 g/mol. The molecule has 0 radical (unpaired) electrons. The molecule has 4 aromatic carbocycles. The average Bonchev–Trinajstić information content (AvgIpc) is 3.27. The minimum Gasteiger partial charge on any atom is -0.207 e. The fourth-order valence-electron chi connectivity index (χ4n) is 7.10. The largest absolute Gasteiger partial charge is 0.308 e. The SMILES string of the molecule is Cc1c2c(cc3ccccc13)C(C)(C)C1c3ccccc3SC1B2c1ccc2ccccc2[n+]1C. The van der Waals surface area contributed by atoms with Gasteiger partial charge < -0.3 is 0 Å². The minimum atomic E-state index is 0.0420. The first-order chi connectivity index (χ1) is 17.0. The fraction of sp³-hybridized carbons (Fsp3) is 0.219. The molecule has 0 saturated carbocycles. The smallest absolute Gasteiger partial charge is 0.207 e. The standard InChI is InChI=1S/C32H29BNS/c1-20-23-13-7-5-12-22(23)19-25-30(20)33(28-18-17-21-11-6-9-15-26(21)34(28)4)31-29(32(25,2)3)24-14-8-10-16-27(24)35-31/h5-19,29,31H,1-4H3/q+1. The molecular formula is C32H29BNS+. The van der Waals surface area contributed by atoms with E-state index in [1.807, 2.05) is 0 Å². The van der Waals surface area contributed by atoms with Gasteiger partial charge in [0, 0.05) is 27.4 Å². The van der Waals surface area contributed by atoms with E-state index in [2.05, 4.69) is 135 Å². The van der Waals surface area contributed by atoms with Gasteiger partial charge in [-0.05, 0) is 64.1 Å². The number of rotatable bonds is 1.